The fraction of sp³-hybridized carbons (Fsp3) is 0.278. The fourth-order valence-electron chi connectivity index (χ4n) is 2.21. The van der Waals surface area contributed by atoms with Crippen molar-refractivity contribution in [2.45, 2.75) is 13.8 Å². The van der Waals surface area contributed by atoms with E-state index in [1.807, 2.05) is 26.0 Å². The van der Waals surface area contributed by atoms with E-state index in [-0.39, 0.29) is 0 Å². The topological polar surface area (TPSA) is 51.5 Å². The molecule has 23 heavy (non-hydrogen) atoms. The Bertz CT molecular complexity index is 715. The van der Waals surface area contributed by atoms with Crippen molar-refractivity contribution in [2.24, 2.45) is 0 Å². The lowest BCUT2D eigenvalue weighted by atomic mass is 10.1. The van der Waals surface area contributed by atoms with E-state index in [9.17, 15) is 0 Å². The number of nitrogens with zero attached hydrogens (tertiary/aromatic N) is 1. The SMILES string of the molecule is COc1cccc(C#N)c1OCCOc1cc(C)c(Cl)c(C)c1. The molecule has 0 fully saturated rings. The predicted octanol–water partition coefficient (Wildman–Crippen LogP) is 4.29. The highest BCUT2D eigenvalue weighted by Crippen LogP contribution is 2.30. The van der Waals surface area contributed by atoms with E-state index in [0.29, 0.717) is 30.3 Å². The van der Waals surface area contributed by atoms with E-state index in [1.165, 1.54) is 0 Å². The molecule has 2 aromatic rings. The summed E-state index contributed by atoms with van der Waals surface area (Å²) in [7, 11) is 1.54. The summed E-state index contributed by atoms with van der Waals surface area (Å²) in [5, 5.41) is 9.88. The first-order chi connectivity index (χ1) is 11.1. The summed E-state index contributed by atoms with van der Waals surface area (Å²) in [4.78, 5) is 0. The minimum atomic E-state index is 0.301. The van der Waals surface area contributed by atoms with Crippen LogP contribution in [0.1, 0.15) is 16.7 Å². The predicted molar refractivity (Wildman–Crippen MR) is 89.6 cm³/mol. The highest BCUT2D eigenvalue weighted by molar-refractivity contribution is 6.32. The molecule has 0 aliphatic heterocycles. The van der Waals surface area contributed by atoms with Crippen LogP contribution in [0.5, 0.6) is 17.2 Å². The number of methoxy groups -OCH3 is 1. The maximum absolute atomic E-state index is 9.13. The van der Waals surface area contributed by atoms with Gasteiger partial charge in [-0.2, -0.15) is 5.26 Å². The largest absolute Gasteiger partial charge is 0.493 e. The van der Waals surface area contributed by atoms with Crippen molar-refractivity contribution in [3.05, 3.63) is 52.0 Å². The van der Waals surface area contributed by atoms with Gasteiger partial charge in [-0.1, -0.05) is 17.7 Å². The molecule has 4 nitrogen and oxygen atoms in total. The van der Waals surface area contributed by atoms with Gasteiger partial charge in [0, 0.05) is 5.02 Å². The molecular formula is C18H18ClNO3. The van der Waals surface area contributed by atoms with Crippen LogP contribution in [0.3, 0.4) is 0 Å². The fourth-order valence-corrected chi connectivity index (χ4v) is 2.32. The zero-order chi connectivity index (χ0) is 16.8. The van der Waals surface area contributed by atoms with Gasteiger partial charge in [0.1, 0.15) is 25.0 Å². The van der Waals surface area contributed by atoms with Crippen LogP contribution in [0.2, 0.25) is 5.02 Å². The Morgan fingerprint density at radius 2 is 1.74 bits per heavy atom. The van der Waals surface area contributed by atoms with Crippen LogP contribution in [0.4, 0.5) is 0 Å². The average molecular weight is 332 g/mol. The van der Waals surface area contributed by atoms with Gasteiger partial charge in [0.25, 0.3) is 0 Å². The summed E-state index contributed by atoms with van der Waals surface area (Å²) in [5.41, 5.74) is 2.38. The van der Waals surface area contributed by atoms with Crippen molar-refractivity contribution in [3.8, 4) is 23.3 Å². The maximum atomic E-state index is 9.13. The first-order valence-electron chi connectivity index (χ1n) is 7.16. The Balaban J connectivity index is 1.98. The summed E-state index contributed by atoms with van der Waals surface area (Å²) >= 11 is 6.13. The highest BCUT2D eigenvalue weighted by atomic mass is 35.5. The first-order valence-corrected chi connectivity index (χ1v) is 7.54. The summed E-state index contributed by atoms with van der Waals surface area (Å²) < 4.78 is 16.6. The van der Waals surface area contributed by atoms with Crippen molar-refractivity contribution >= 4 is 11.6 Å². The molecule has 0 heterocycles. The molecule has 0 spiro atoms. The van der Waals surface area contributed by atoms with Crippen molar-refractivity contribution in [2.75, 3.05) is 20.3 Å². The van der Waals surface area contributed by atoms with Crippen LogP contribution >= 0.6 is 11.6 Å². The summed E-state index contributed by atoms with van der Waals surface area (Å²) in [5.74, 6) is 1.71. The Morgan fingerprint density at radius 1 is 1.09 bits per heavy atom. The van der Waals surface area contributed by atoms with Gasteiger partial charge in [0.05, 0.1) is 12.7 Å². The Labute approximate surface area is 141 Å². The van der Waals surface area contributed by atoms with Crippen LogP contribution in [0.25, 0.3) is 0 Å². The molecule has 2 rings (SSSR count). The third-order valence-electron chi connectivity index (χ3n) is 3.33. The molecule has 0 saturated carbocycles. The molecule has 0 radical (unpaired) electrons. The Hall–Kier alpha value is -2.38. The van der Waals surface area contributed by atoms with E-state index in [4.69, 9.17) is 31.1 Å². The van der Waals surface area contributed by atoms with Gasteiger partial charge >= 0.3 is 0 Å². The highest BCUT2D eigenvalue weighted by Gasteiger charge is 2.10. The van der Waals surface area contributed by atoms with Gasteiger partial charge in [-0.15, -0.1) is 0 Å². The number of benzene rings is 2. The maximum Gasteiger partial charge on any atom is 0.179 e. The van der Waals surface area contributed by atoms with Gasteiger partial charge < -0.3 is 14.2 Å². The molecule has 0 N–H and O–H groups in total. The van der Waals surface area contributed by atoms with Crippen LogP contribution in [-0.2, 0) is 0 Å². The second-order valence-corrected chi connectivity index (χ2v) is 5.39. The van der Waals surface area contributed by atoms with Crippen molar-refractivity contribution in [1.82, 2.24) is 0 Å². The molecular weight excluding hydrogens is 314 g/mol. The molecule has 2 aromatic carbocycles. The summed E-state index contributed by atoms with van der Waals surface area (Å²) in [6.07, 6.45) is 0. The van der Waals surface area contributed by atoms with E-state index >= 15 is 0 Å². The lowest BCUT2D eigenvalue weighted by Gasteiger charge is -2.13. The Kier molecular flexibility index (Phi) is 5.72. The molecule has 120 valence electrons. The first kappa shape index (κ1) is 17.0. The minimum Gasteiger partial charge on any atom is -0.493 e. The number of nitriles is 1. The standard InChI is InChI=1S/C18H18ClNO3/c1-12-9-15(10-13(2)17(12)19)22-7-8-23-18-14(11-20)5-4-6-16(18)21-3/h4-6,9-10H,7-8H2,1-3H3. The van der Waals surface area contributed by atoms with Crippen LogP contribution in [0.15, 0.2) is 30.3 Å². The van der Waals surface area contributed by atoms with E-state index in [2.05, 4.69) is 6.07 Å². The zero-order valence-corrected chi connectivity index (χ0v) is 14.1. The molecule has 0 aliphatic rings. The van der Waals surface area contributed by atoms with Crippen LogP contribution in [-0.4, -0.2) is 20.3 Å². The summed E-state index contributed by atoms with van der Waals surface area (Å²) in [6, 6.07) is 11.1. The third-order valence-corrected chi connectivity index (χ3v) is 3.92. The second-order valence-electron chi connectivity index (χ2n) is 5.02. The number of ether oxygens (including phenoxy) is 3. The number of rotatable bonds is 6. The molecule has 0 saturated heterocycles. The molecule has 0 unspecified atom stereocenters. The molecule has 0 amide bonds. The minimum absolute atomic E-state index is 0.301. The van der Waals surface area contributed by atoms with Gasteiger partial charge in [0.15, 0.2) is 11.5 Å². The van der Waals surface area contributed by atoms with Crippen LogP contribution < -0.4 is 14.2 Å². The monoisotopic (exact) mass is 331 g/mol. The van der Waals surface area contributed by atoms with Crippen LogP contribution in [0, 0.1) is 25.2 Å². The lowest BCUT2D eigenvalue weighted by molar-refractivity contribution is 0.211. The quantitative estimate of drug-likeness (QED) is 0.741. The van der Waals surface area contributed by atoms with Gasteiger partial charge in [-0.05, 0) is 49.2 Å². The van der Waals surface area contributed by atoms with Gasteiger partial charge in [-0.3, -0.25) is 0 Å². The number of halogens is 1. The van der Waals surface area contributed by atoms with Gasteiger partial charge in [0.2, 0.25) is 0 Å². The Morgan fingerprint density at radius 3 is 2.35 bits per heavy atom. The molecule has 0 bridgehead atoms. The molecule has 0 aromatic heterocycles. The number of aryl methyl sites for hydroxylation is 2. The molecule has 0 atom stereocenters. The van der Waals surface area contributed by atoms with Crippen molar-refractivity contribution in [1.29, 1.82) is 5.26 Å². The smallest absolute Gasteiger partial charge is 0.179 e. The summed E-state index contributed by atoms with van der Waals surface area (Å²) in [6.45, 7) is 4.53. The van der Waals surface area contributed by atoms with E-state index < -0.39 is 0 Å². The van der Waals surface area contributed by atoms with E-state index in [0.717, 1.165) is 21.9 Å². The third kappa shape index (κ3) is 4.08. The number of hydrogen-bond donors (Lipinski definition) is 0. The van der Waals surface area contributed by atoms with E-state index in [1.54, 1.807) is 25.3 Å². The average Bonchev–Trinajstić information content (AvgIpc) is 2.56. The normalized spacial score (nSPS) is 10.0. The molecule has 5 heteroatoms. The number of hydrogen-bond acceptors (Lipinski definition) is 4. The zero-order valence-electron chi connectivity index (χ0n) is 13.4. The van der Waals surface area contributed by atoms with Crippen molar-refractivity contribution < 1.29 is 14.2 Å². The van der Waals surface area contributed by atoms with Crippen molar-refractivity contribution in [3.63, 3.8) is 0 Å². The lowest BCUT2D eigenvalue weighted by Crippen LogP contribution is -2.10. The second kappa shape index (κ2) is 7.75. The van der Waals surface area contributed by atoms with Gasteiger partial charge in [-0.25, -0.2) is 0 Å². The molecule has 0 aliphatic carbocycles. The number of para-hydroxylation sites is 1.